The van der Waals surface area contributed by atoms with Gasteiger partial charge in [0.25, 0.3) is 0 Å². The summed E-state index contributed by atoms with van der Waals surface area (Å²) < 4.78 is 42.1. The molecule has 37 heavy (non-hydrogen) atoms. The van der Waals surface area contributed by atoms with Gasteiger partial charge in [0, 0.05) is 23.6 Å². The molecule has 8 heteroatoms. The molecule has 0 unspecified atom stereocenters. The fourth-order valence-electron chi connectivity index (χ4n) is 4.88. The topological polar surface area (TPSA) is 66.5 Å². The van der Waals surface area contributed by atoms with Crippen LogP contribution in [-0.4, -0.2) is 57.6 Å². The average Bonchev–Trinajstić information content (AvgIpc) is 3.24. The van der Waals surface area contributed by atoms with Crippen LogP contribution in [0.5, 0.6) is 11.5 Å². The number of fused-ring (bicyclic) bond motifs is 2. The quantitative estimate of drug-likeness (QED) is 0.267. The van der Waals surface area contributed by atoms with Gasteiger partial charge in [0.2, 0.25) is 0 Å². The average molecular weight is 534 g/mol. The van der Waals surface area contributed by atoms with Crippen molar-refractivity contribution < 1.29 is 27.6 Å². The zero-order chi connectivity index (χ0) is 26.3. The molecule has 7 nitrogen and oxygen atoms in total. The Bertz CT molecular complexity index is 980. The molecular weight excluding hydrogens is 489 g/mol. The highest BCUT2D eigenvalue weighted by Crippen LogP contribution is 2.50. The van der Waals surface area contributed by atoms with Gasteiger partial charge in [0.1, 0.15) is 18.1 Å². The second-order valence-electron chi connectivity index (χ2n) is 11.3. The van der Waals surface area contributed by atoms with Gasteiger partial charge in [0.05, 0.1) is 26.4 Å². The highest BCUT2D eigenvalue weighted by molar-refractivity contribution is 7.48. The van der Waals surface area contributed by atoms with Crippen LogP contribution in [0, 0.1) is 11.8 Å². The van der Waals surface area contributed by atoms with Gasteiger partial charge in [0.15, 0.2) is 0 Å². The maximum atomic E-state index is 13.1. The molecule has 0 radical (unpaired) electrons. The molecule has 2 heterocycles. The largest absolute Gasteiger partial charge is 0.492 e. The molecule has 1 saturated heterocycles. The first-order chi connectivity index (χ1) is 17.8. The Morgan fingerprint density at radius 2 is 1.78 bits per heavy atom. The van der Waals surface area contributed by atoms with E-state index in [1.807, 2.05) is 27.7 Å². The molecular formula is C29H44NO6P. The van der Waals surface area contributed by atoms with E-state index < -0.39 is 7.82 Å². The lowest BCUT2D eigenvalue weighted by Crippen LogP contribution is -2.44. The molecule has 1 spiro atoms. The predicted octanol–water partition coefficient (Wildman–Crippen LogP) is 6.54. The second kappa shape index (κ2) is 12.9. The van der Waals surface area contributed by atoms with Crippen molar-refractivity contribution in [1.82, 2.24) is 4.90 Å². The first-order valence-corrected chi connectivity index (χ1v) is 15.2. The van der Waals surface area contributed by atoms with Gasteiger partial charge in [-0.3, -0.25) is 13.6 Å². The first-order valence-electron chi connectivity index (χ1n) is 13.8. The number of hydrogen-bond acceptors (Lipinski definition) is 7. The zero-order valence-corrected chi connectivity index (χ0v) is 23.8. The molecule has 0 atom stereocenters. The van der Waals surface area contributed by atoms with Crippen molar-refractivity contribution in [1.29, 1.82) is 0 Å². The summed E-state index contributed by atoms with van der Waals surface area (Å²) in [4.78, 5) is 2.36. The fourth-order valence-corrected chi connectivity index (χ4v) is 6.38. The van der Waals surface area contributed by atoms with Crippen molar-refractivity contribution in [2.75, 3.05) is 52.7 Å². The van der Waals surface area contributed by atoms with Crippen molar-refractivity contribution in [3.8, 4) is 11.5 Å². The summed E-state index contributed by atoms with van der Waals surface area (Å²) in [6.07, 6.45) is 10.6. The van der Waals surface area contributed by atoms with Gasteiger partial charge in [-0.15, -0.1) is 0 Å². The second-order valence-corrected chi connectivity index (χ2v) is 13.0. The van der Waals surface area contributed by atoms with E-state index in [-0.39, 0.29) is 17.3 Å². The van der Waals surface area contributed by atoms with Crippen LogP contribution in [0.4, 0.5) is 0 Å². The molecule has 206 valence electrons. The van der Waals surface area contributed by atoms with Crippen LogP contribution >= 0.6 is 7.82 Å². The van der Waals surface area contributed by atoms with Crippen LogP contribution in [-0.2, 0) is 23.6 Å². The van der Waals surface area contributed by atoms with E-state index in [1.165, 1.54) is 11.1 Å². The van der Waals surface area contributed by atoms with E-state index in [2.05, 4.69) is 41.3 Å². The zero-order valence-electron chi connectivity index (χ0n) is 22.9. The molecule has 0 bridgehead atoms. The maximum absolute atomic E-state index is 13.1. The number of phosphoric acid groups is 1. The lowest BCUT2D eigenvalue weighted by Gasteiger charge is -2.38. The molecule has 1 aromatic rings. The fraction of sp³-hybridized carbons (Fsp3) is 0.655. The monoisotopic (exact) mass is 533 g/mol. The van der Waals surface area contributed by atoms with Gasteiger partial charge in [-0.25, -0.2) is 4.57 Å². The number of allylic oxidation sites excluding steroid dienone is 3. The van der Waals surface area contributed by atoms with E-state index in [4.69, 9.17) is 23.0 Å². The Morgan fingerprint density at radius 3 is 2.43 bits per heavy atom. The molecule has 3 aliphatic rings. The van der Waals surface area contributed by atoms with Crippen LogP contribution < -0.4 is 9.47 Å². The minimum atomic E-state index is -3.55. The standard InChI is InChI=1S/C29H44NO6P/c1-23(2)19-35-37(31,36-20-24(3)4)34-17-16-30-14-12-29(13-15-30)22-33-28-18-26(10-11-27(28)29)32-21-25-8-6-5-7-9-25/h5-6,8,10-11,18,23-24H,7,9,12-17,19-22H2,1-4H3. The van der Waals surface area contributed by atoms with Crippen molar-refractivity contribution in [3.63, 3.8) is 0 Å². The van der Waals surface area contributed by atoms with Gasteiger partial charge >= 0.3 is 7.82 Å². The third-order valence-corrected chi connectivity index (χ3v) is 8.58. The molecule has 0 aromatic heterocycles. The summed E-state index contributed by atoms with van der Waals surface area (Å²) in [7, 11) is -3.55. The number of rotatable bonds is 13. The normalized spacial score (nSPS) is 19.4. The number of benzene rings is 1. The summed E-state index contributed by atoms with van der Waals surface area (Å²) in [5, 5.41) is 0. The van der Waals surface area contributed by atoms with Gasteiger partial charge in [-0.1, -0.05) is 52.0 Å². The predicted molar refractivity (Wildman–Crippen MR) is 146 cm³/mol. The van der Waals surface area contributed by atoms with E-state index in [0.717, 1.165) is 50.3 Å². The smallest absolute Gasteiger partial charge is 0.474 e. The Hall–Kier alpha value is -1.63. The summed E-state index contributed by atoms with van der Waals surface area (Å²) >= 11 is 0. The Balaban J connectivity index is 1.25. The number of piperidine rings is 1. The van der Waals surface area contributed by atoms with Crippen molar-refractivity contribution in [2.24, 2.45) is 11.8 Å². The maximum Gasteiger partial charge on any atom is 0.474 e. The molecule has 2 aliphatic heterocycles. The highest BCUT2D eigenvalue weighted by atomic mass is 31.2. The molecule has 0 saturated carbocycles. The lowest BCUT2D eigenvalue weighted by atomic mass is 9.74. The van der Waals surface area contributed by atoms with Crippen LogP contribution in [0.15, 0.2) is 42.0 Å². The Labute approximate surface area is 222 Å². The van der Waals surface area contributed by atoms with Gasteiger partial charge < -0.3 is 14.4 Å². The Morgan fingerprint density at radius 1 is 1.05 bits per heavy atom. The van der Waals surface area contributed by atoms with Crippen LogP contribution in [0.25, 0.3) is 0 Å². The number of phosphoric ester groups is 1. The van der Waals surface area contributed by atoms with E-state index in [0.29, 0.717) is 39.6 Å². The van der Waals surface area contributed by atoms with Crippen molar-refractivity contribution in [2.45, 2.75) is 58.8 Å². The number of nitrogens with zero attached hydrogens (tertiary/aromatic N) is 1. The van der Waals surface area contributed by atoms with E-state index in [9.17, 15) is 4.57 Å². The van der Waals surface area contributed by atoms with Crippen LogP contribution in [0.3, 0.4) is 0 Å². The first kappa shape index (κ1) is 28.4. The number of ether oxygens (including phenoxy) is 2. The minimum Gasteiger partial charge on any atom is -0.492 e. The van der Waals surface area contributed by atoms with Crippen LogP contribution in [0.2, 0.25) is 0 Å². The number of hydrogen-bond donors (Lipinski definition) is 0. The highest BCUT2D eigenvalue weighted by Gasteiger charge is 2.43. The van der Waals surface area contributed by atoms with Crippen LogP contribution in [0.1, 0.15) is 58.9 Å². The molecule has 0 N–H and O–H groups in total. The van der Waals surface area contributed by atoms with E-state index in [1.54, 1.807) is 0 Å². The van der Waals surface area contributed by atoms with Gasteiger partial charge in [-0.2, -0.15) is 0 Å². The van der Waals surface area contributed by atoms with Crippen molar-refractivity contribution in [3.05, 3.63) is 47.6 Å². The molecule has 1 aliphatic carbocycles. The summed E-state index contributed by atoms with van der Waals surface area (Å²) in [6, 6.07) is 6.33. The van der Waals surface area contributed by atoms with Crippen molar-refractivity contribution >= 4 is 7.82 Å². The summed E-state index contributed by atoms with van der Waals surface area (Å²) in [6.45, 7) is 13.0. The molecule has 4 rings (SSSR count). The molecule has 0 amide bonds. The molecule has 1 fully saturated rings. The minimum absolute atomic E-state index is 0.0535. The summed E-state index contributed by atoms with van der Waals surface area (Å²) in [5.41, 5.74) is 2.67. The lowest BCUT2D eigenvalue weighted by molar-refractivity contribution is 0.0764. The Kier molecular flexibility index (Phi) is 9.93. The third kappa shape index (κ3) is 7.93. The van der Waals surface area contributed by atoms with E-state index >= 15 is 0 Å². The summed E-state index contributed by atoms with van der Waals surface area (Å²) in [5.74, 6) is 2.33. The number of likely N-dealkylation sites (tertiary alicyclic amines) is 1. The SMILES string of the molecule is CC(C)COP(=O)(OCCN1CCC2(CC1)COc1cc(OCC3=CC=CCC3)ccc12)OCC(C)C. The van der Waals surface area contributed by atoms with Gasteiger partial charge in [-0.05, 0) is 62.2 Å². The third-order valence-electron chi connectivity index (χ3n) is 7.15. The molecule has 1 aromatic carbocycles.